The minimum absolute atomic E-state index is 0. The van der Waals surface area contributed by atoms with Crippen LogP contribution in [0.3, 0.4) is 0 Å². The molecule has 18 nitrogen and oxygen atoms in total. The van der Waals surface area contributed by atoms with Crippen molar-refractivity contribution in [2.45, 2.75) is 135 Å². The third kappa shape index (κ3) is 20.5. The van der Waals surface area contributed by atoms with Gasteiger partial charge in [-0.15, -0.1) is 10.2 Å². The number of hydrogen-bond acceptors (Lipinski definition) is 13. The number of carboxylic acid groups (broad SMARTS) is 3. The Kier molecular flexibility index (Phi) is 27.5. The van der Waals surface area contributed by atoms with Crippen molar-refractivity contribution in [1.29, 1.82) is 0 Å². The van der Waals surface area contributed by atoms with Crippen molar-refractivity contribution in [3.63, 3.8) is 0 Å². The van der Waals surface area contributed by atoms with Gasteiger partial charge in [0, 0.05) is 69.8 Å². The second-order valence-electron chi connectivity index (χ2n) is 21.3. The minimum atomic E-state index is -5.08. The van der Waals surface area contributed by atoms with E-state index in [2.05, 4.69) is 90.0 Å². The monoisotopic (exact) mass is 1360 g/mol. The van der Waals surface area contributed by atoms with Gasteiger partial charge in [-0.3, -0.25) is 9.69 Å². The Morgan fingerprint density at radius 1 is 0.591 bits per heavy atom. The molecule has 31 heteroatoms. The summed E-state index contributed by atoms with van der Waals surface area (Å²) in [6.45, 7) is 9.41. The lowest BCUT2D eigenvalue weighted by Crippen LogP contribution is -2.42. The maximum atomic E-state index is 14.8. The number of carbonyl (C=O) groups is 4. The van der Waals surface area contributed by atoms with Gasteiger partial charge in [-0.2, -0.15) is 39.5 Å². The Morgan fingerprint density at radius 2 is 1.00 bits per heavy atom. The van der Waals surface area contributed by atoms with Crippen LogP contribution in [-0.2, 0) is 32.3 Å². The van der Waals surface area contributed by atoms with Gasteiger partial charge in [-0.1, -0.05) is 96.0 Å². The van der Waals surface area contributed by atoms with Gasteiger partial charge in [0.25, 0.3) is 0 Å². The van der Waals surface area contributed by atoms with Gasteiger partial charge >= 0.3 is 36.4 Å². The maximum Gasteiger partial charge on any atom is 0.490 e. The van der Waals surface area contributed by atoms with Gasteiger partial charge in [-0.05, 0) is 135 Å². The van der Waals surface area contributed by atoms with Crippen molar-refractivity contribution in [1.82, 2.24) is 40.2 Å². The van der Waals surface area contributed by atoms with Crippen molar-refractivity contribution in [2.24, 2.45) is 0 Å². The molecule has 7 N–H and O–H groups in total. The number of benzene rings is 4. The van der Waals surface area contributed by atoms with Gasteiger partial charge in [-0.25, -0.2) is 32.5 Å². The van der Waals surface area contributed by atoms with E-state index in [0.29, 0.717) is 30.2 Å². The molecule has 2 aromatic heterocycles. The summed E-state index contributed by atoms with van der Waals surface area (Å²) >= 11 is 12.1. The van der Waals surface area contributed by atoms with Crippen molar-refractivity contribution >= 4 is 69.4 Å². The summed E-state index contributed by atoms with van der Waals surface area (Å²) < 4.78 is 129. The molecule has 0 spiro atoms. The number of aromatic nitrogens is 6. The fraction of sp³-hybridized carbons (Fsp3) is 0.419. The smallest absolute Gasteiger partial charge is 0.475 e. The van der Waals surface area contributed by atoms with Crippen LogP contribution in [0.15, 0.2) is 84.9 Å². The van der Waals surface area contributed by atoms with Gasteiger partial charge in [0.15, 0.2) is 11.6 Å². The van der Waals surface area contributed by atoms with E-state index < -0.39 is 48.1 Å². The average molecular weight is 1360 g/mol. The Hall–Kier alpha value is -7.99. The minimum Gasteiger partial charge on any atom is -0.475 e. The molecule has 0 saturated heterocycles. The van der Waals surface area contributed by atoms with E-state index in [-0.39, 0.29) is 29.6 Å². The highest BCUT2D eigenvalue weighted by Crippen LogP contribution is 2.42. The third-order valence-electron chi connectivity index (χ3n) is 15.3. The first-order valence-corrected chi connectivity index (χ1v) is 29.4. The second kappa shape index (κ2) is 33.7. The molecule has 0 bridgehead atoms. The van der Waals surface area contributed by atoms with Crippen LogP contribution < -0.4 is 16.0 Å². The van der Waals surface area contributed by atoms with Crippen LogP contribution in [0.1, 0.15) is 117 Å². The normalized spacial score (nSPS) is 17.2. The van der Waals surface area contributed by atoms with Gasteiger partial charge in [0.05, 0.1) is 56.3 Å². The zero-order chi connectivity index (χ0) is 67.8. The highest BCUT2D eigenvalue weighted by atomic mass is 35.5. The number of Topliss-reactive ketones (excluding diaryl/α,β-unsaturated/α-hetero) is 1. The predicted octanol–water partition coefficient (Wildman–Crippen LogP) is 14.1. The quantitative estimate of drug-likeness (QED) is 0.0734. The predicted molar refractivity (Wildman–Crippen MR) is 327 cm³/mol. The summed E-state index contributed by atoms with van der Waals surface area (Å²) in [7, 11) is 1.00. The van der Waals surface area contributed by atoms with Crippen molar-refractivity contribution in [2.75, 3.05) is 43.9 Å². The van der Waals surface area contributed by atoms with Crippen LogP contribution in [0.4, 0.5) is 59.7 Å². The number of alkyl halides is 9. The number of halogens is 13. The fourth-order valence-corrected chi connectivity index (χ4v) is 10.6. The number of nitrogens with zero attached hydrogens (tertiary/aromatic N) is 7. The second-order valence-corrected chi connectivity index (χ2v) is 22.1. The van der Waals surface area contributed by atoms with E-state index in [1.807, 2.05) is 23.2 Å². The molecular weight excluding hydrogens is 1290 g/mol. The molecular formula is C62H69Cl2F11N10O8. The number of ketones is 1. The molecule has 0 amide bonds. The first-order valence-electron chi connectivity index (χ1n) is 28.6. The van der Waals surface area contributed by atoms with Crippen LogP contribution in [0.25, 0.3) is 33.7 Å². The highest BCUT2D eigenvalue weighted by Gasteiger charge is 2.40. The number of aliphatic carboxylic acids is 3. The maximum absolute atomic E-state index is 14.8. The number of aryl methyl sites for hydroxylation is 4. The molecule has 2 unspecified atom stereocenters. The summed E-state index contributed by atoms with van der Waals surface area (Å²) in [6.07, 6.45) is -0.117. The lowest BCUT2D eigenvalue weighted by atomic mass is 9.88. The number of aliphatic hydroxyl groups excluding tert-OH is 1. The van der Waals surface area contributed by atoms with Crippen LogP contribution in [0.5, 0.6) is 0 Å². The molecule has 6 aliphatic rings. The summed E-state index contributed by atoms with van der Waals surface area (Å²) in [5, 5.41) is 56.1. The lowest BCUT2D eigenvalue weighted by molar-refractivity contribution is -0.193. The molecule has 6 aromatic rings. The van der Waals surface area contributed by atoms with Gasteiger partial charge in [0.2, 0.25) is 0 Å². The van der Waals surface area contributed by atoms with Crippen LogP contribution in [0.2, 0.25) is 10.0 Å². The summed E-state index contributed by atoms with van der Waals surface area (Å²) in [4.78, 5) is 39.2. The van der Waals surface area contributed by atoms with E-state index in [4.69, 9.17) is 58.0 Å². The first-order chi connectivity index (χ1) is 43.4. The number of hydrogen-bond donors (Lipinski definition) is 7. The molecule has 506 valence electrons. The van der Waals surface area contributed by atoms with Crippen molar-refractivity contribution in [3.05, 3.63) is 140 Å². The molecule has 2 aliphatic carbocycles. The molecule has 12 rings (SSSR count). The molecule has 0 radical (unpaired) electrons. The number of nitrogens with one attached hydrogen (secondary N) is 3. The third-order valence-corrected chi connectivity index (χ3v) is 15.9. The first kappa shape index (κ1) is 75.7. The van der Waals surface area contributed by atoms with Gasteiger partial charge < -0.3 is 36.4 Å². The molecule has 2 fully saturated rings. The molecule has 2 saturated carbocycles. The van der Waals surface area contributed by atoms with E-state index in [9.17, 15) is 53.1 Å². The Morgan fingerprint density at radius 3 is 1.32 bits per heavy atom. The average Bonchev–Trinajstić information content (AvgIpc) is 1.68. The van der Waals surface area contributed by atoms with Gasteiger partial charge in [0.1, 0.15) is 5.78 Å². The van der Waals surface area contributed by atoms with E-state index in [0.717, 1.165) is 129 Å². The molecule has 4 aromatic carbocycles. The summed E-state index contributed by atoms with van der Waals surface area (Å²) in [5.74, 6) is -8.66. The molecule has 4 aliphatic heterocycles. The van der Waals surface area contributed by atoms with E-state index in [1.54, 1.807) is 36.4 Å². The number of carbonyl (C=O) groups excluding carboxylic acids is 1. The van der Waals surface area contributed by atoms with Crippen LogP contribution in [0, 0.1) is 25.5 Å². The number of anilines is 2. The fourth-order valence-electron chi connectivity index (χ4n) is 10.3. The zero-order valence-corrected chi connectivity index (χ0v) is 51.1. The van der Waals surface area contributed by atoms with Crippen LogP contribution >= 0.6 is 23.2 Å². The van der Waals surface area contributed by atoms with E-state index in [1.165, 1.54) is 41.5 Å². The lowest BCUT2D eigenvalue weighted by Gasteiger charge is -2.39. The standard InChI is InChI=1S/C27H29ClFN5.C23H23ClFN5.C4H6O.3C2HF3O2.CH4O.CH4/c1-17-27-21-9-8-19(18-10-13-33(14-11-18)20-4-2-5-20)16-22(21)24(12-15-34(27)32-31-17)30-25-7-3-6-23(28)26(25)29;1-14-23-17-6-5-16(15-7-10-26-11-8-15)13-18(17)20(9-12-30(23)29-28-14)27-21-4-2-3-19(24)22(21)25;5-4-2-1-3-4;3*3-2(4,5)1(6)7;1-2;/h3,6-10,16,20,24,30H,2,4-5,11-15H2,1H3;2-7,13,20,26-27H,8-12H2,1H3;1-3H2;3*(H,6,7);2H,1H3;1H4. The number of carboxylic acids is 3. The topological polar surface area (TPSA) is 250 Å². The Labute approximate surface area is 537 Å². The SMILES string of the molecule is C.CO.Cc1nnn2c1-c1ccc(C3=CCN(C4CCC4)CC3)cc1C(Nc1cccc(Cl)c1F)CC2.Cc1nnn2c1-c1ccc(C3=CCNCC3)cc1C(Nc1cccc(Cl)c1F)CC2.O=C(O)C(F)(F)F.O=C(O)C(F)(F)F.O=C(O)C(F)(F)F.O=C1CCC1. The zero-order valence-electron chi connectivity index (χ0n) is 49.6. The van der Waals surface area contributed by atoms with Crippen LogP contribution in [-0.4, -0.2) is 137 Å². The largest absolute Gasteiger partial charge is 0.490 e. The number of aliphatic hydroxyl groups is 1. The van der Waals surface area contributed by atoms with E-state index >= 15 is 0 Å². The molecule has 93 heavy (non-hydrogen) atoms. The Bertz CT molecular complexity index is 3570. The number of rotatable bonds is 7. The van der Waals surface area contributed by atoms with Crippen molar-refractivity contribution in [3.8, 4) is 22.5 Å². The summed E-state index contributed by atoms with van der Waals surface area (Å²) in [6, 6.07) is 24.1. The molecule has 6 heterocycles. The highest BCUT2D eigenvalue weighted by molar-refractivity contribution is 6.31. The van der Waals surface area contributed by atoms with Crippen molar-refractivity contribution < 1.29 is 87.9 Å². The Balaban J connectivity index is 0.000000239. The molecule has 2 atom stereocenters. The summed E-state index contributed by atoms with van der Waals surface area (Å²) in [5.41, 5.74) is 14.4. The number of fused-ring (bicyclic) bond motifs is 6.